The van der Waals surface area contributed by atoms with Crippen LogP contribution in [-0.4, -0.2) is 84.1 Å². The Morgan fingerprint density at radius 3 is 1.63 bits per heavy atom. The van der Waals surface area contributed by atoms with Crippen molar-refractivity contribution >= 4 is 21.4 Å². The fourth-order valence-corrected chi connectivity index (χ4v) is 3.46. The Morgan fingerprint density at radius 2 is 1.33 bits per heavy atom. The normalized spacial score (nSPS) is 14.8. The van der Waals surface area contributed by atoms with Gasteiger partial charge in [-0.1, -0.05) is 10.3 Å². The van der Waals surface area contributed by atoms with Crippen molar-refractivity contribution in [1.82, 2.24) is 14.9 Å². The van der Waals surface area contributed by atoms with Gasteiger partial charge in [0.25, 0.3) is 0 Å². The SMILES string of the molecule is C/C(=N\O)C(C)(C)NCCN(CCNC(C)(C)/C(C)=N/O)S(=O)(=O)CCN. The summed E-state index contributed by atoms with van der Waals surface area (Å²) in [5.74, 6) is -0.131. The first-order chi connectivity index (χ1) is 12.3. The third-order valence-electron chi connectivity index (χ3n) is 4.73. The van der Waals surface area contributed by atoms with Crippen LogP contribution in [0, 0.1) is 0 Å². The van der Waals surface area contributed by atoms with Gasteiger partial charge in [0.2, 0.25) is 10.0 Å². The molecule has 0 rings (SSSR count). The predicted molar refractivity (Wildman–Crippen MR) is 108 cm³/mol. The van der Waals surface area contributed by atoms with Crippen molar-refractivity contribution in [3.8, 4) is 0 Å². The van der Waals surface area contributed by atoms with E-state index in [9.17, 15) is 8.42 Å². The lowest BCUT2D eigenvalue weighted by Crippen LogP contribution is -2.52. The number of hydrogen-bond acceptors (Lipinski definition) is 9. The van der Waals surface area contributed by atoms with E-state index in [0.29, 0.717) is 24.5 Å². The predicted octanol–water partition coefficient (Wildman–Crippen LogP) is 0.0135. The number of hydrogen-bond donors (Lipinski definition) is 5. The molecule has 0 saturated heterocycles. The van der Waals surface area contributed by atoms with Gasteiger partial charge in [-0.3, -0.25) is 0 Å². The van der Waals surface area contributed by atoms with Crippen LogP contribution in [0.5, 0.6) is 0 Å². The largest absolute Gasteiger partial charge is 0.411 e. The molecule has 0 aromatic heterocycles. The Hall–Kier alpha value is -1.27. The van der Waals surface area contributed by atoms with E-state index in [2.05, 4.69) is 20.9 Å². The van der Waals surface area contributed by atoms with Crippen LogP contribution in [0.2, 0.25) is 0 Å². The Kier molecular flexibility index (Phi) is 10.4. The molecule has 6 N–H and O–H groups in total. The standard InChI is InChI=1S/C16H36N6O4S/c1-13(20-23)15(3,4)18-8-10-22(27(25,26)12-7-17)11-9-19-16(5,6)14(2)21-24/h18-19,23-24H,7-12,17H2,1-6H3/b20-13+,21-14+. The third kappa shape index (κ3) is 8.52. The van der Waals surface area contributed by atoms with Crippen LogP contribution in [0.1, 0.15) is 41.5 Å². The van der Waals surface area contributed by atoms with Crippen LogP contribution in [0.25, 0.3) is 0 Å². The second-order valence-electron chi connectivity index (χ2n) is 7.48. The zero-order valence-electron chi connectivity index (χ0n) is 17.3. The Bertz CT molecular complexity index is 580. The van der Waals surface area contributed by atoms with Gasteiger partial charge in [0.15, 0.2) is 0 Å². The van der Waals surface area contributed by atoms with Crippen LogP contribution in [0.3, 0.4) is 0 Å². The van der Waals surface area contributed by atoms with Gasteiger partial charge in [-0.25, -0.2) is 8.42 Å². The van der Waals surface area contributed by atoms with Gasteiger partial charge in [0, 0.05) is 32.7 Å². The van der Waals surface area contributed by atoms with Gasteiger partial charge in [-0.05, 0) is 41.5 Å². The van der Waals surface area contributed by atoms with Crippen molar-refractivity contribution in [3.63, 3.8) is 0 Å². The van der Waals surface area contributed by atoms with Crippen molar-refractivity contribution in [2.75, 3.05) is 38.5 Å². The number of rotatable bonds is 13. The maximum absolute atomic E-state index is 12.5. The average Bonchev–Trinajstić information content (AvgIpc) is 2.58. The van der Waals surface area contributed by atoms with Gasteiger partial charge in [-0.15, -0.1) is 0 Å². The summed E-state index contributed by atoms with van der Waals surface area (Å²) in [6.45, 7) is 12.1. The van der Waals surface area contributed by atoms with Gasteiger partial charge in [0.1, 0.15) is 0 Å². The van der Waals surface area contributed by atoms with Crippen LogP contribution < -0.4 is 16.4 Å². The Balaban J connectivity index is 4.97. The average molecular weight is 409 g/mol. The van der Waals surface area contributed by atoms with Gasteiger partial charge in [0.05, 0.1) is 28.3 Å². The van der Waals surface area contributed by atoms with E-state index in [-0.39, 0.29) is 25.4 Å². The van der Waals surface area contributed by atoms with Crippen molar-refractivity contribution in [3.05, 3.63) is 0 Å². The van der Waals surface area contributed by atoms with Crippen LogP contribution in [-0.2, 0) is 10.0 Å². The maximum Gasteiger partial charge on any atom is 0.215 e. The molecule has 0 aromatic rings. The lowest BCUT2D eigenvalue weighted by Gasteiger charge is -2.30. The summed E-state index contributed by atoms with van der Waals surface area (Å²) in [5, 5.41) is 30.6. The molecule has 0 amide bonds. The van der Waals surface area contributed by atoms with Gasteiger partial charge >= 0.3 is 0 Å². The molecular weight excluding hydrogens is 372 g/mol. The van der Waals surface area contributed by atoms with Crippen molar-refractivity contribution in [2.24, 2.45) is 16.0 Å². The second-order valence-corrected chi connectivity index (χ2v) is 9.57. The van der Waals surface area contributed by atoms with Crippen molar-refractivity contribution in [2.45, 2.75) is 52.6 Å². The smallest absolute Gasteiger partial charge is 0.215 e. The Labute approximate surface area is 162 Å². The van der Waals surface area contributed by atoms with E-state index in [1.807, 2.05) is 27.7 Å². The van der Waals surface area contributed by atoms with Gasteiger partial charge < -0.3 is 26.8 Å². The molecular formula is C16H36N6O4S. The molecule has 10 nitrogen and oxygen atoms in total. The molecule has 0 aliphatic rings. The number of nitrogens with one attached hydrogen (secondary N) is 2. The lowest BCUT2D eigenvalue weighted by atomic mass is 10.00. The van der Waals surface area contributed by atoms with E-state index in [1.54, 1.807) is 13.8 Å². The maximum atomic E-state index is 12.5. The summed E-state index contributed by atoms with van der Waals surface area (Å²) in [5.41, 5.74) is 5.32. The monoisotopic (exact) mass is 408 g/mol. The molecule has 0 unspecified atom stereocenters. The highest BCUT2D eigenvalue weighted by Crippen LogP contribution is 2.08. The molecule has 0 saturated carbocycles. The quantitative estimate of drug-likeness (QED) is 0.163. The summed E-state index contributed by atoms with van der Waals surface area (Å²) in [7, 11) is -3.49. The molecule has 0 heterocycles. The minimum absolute atomic E-state index is 0.0449. The van der Waals surface area contributed by atoms with E-state index >= 15 is 0 Å². The first kappa shape index (κ1) is 25.7. The molecule has 0 aromatic carbocycles. The van der Waals surface area contributed by atoms with Crippen LogP contribution in [0.15, 0.2) is 10.3 Å². The molecule has 160 valence electrons. The highest BCUT2D eigenvalue weighted by Gasteiger charge is 2.26. The molecule has 0 spiro atoms. The fourth-order valence-electron chi connectivity index (χ4n) is 2.16. The number of sulfonamides is 1. The molecule has 0 aliphatic heterocycles. The van der Waals surface area contributed by atoms with Crippen LogP contribution in [0.4, 0.5) is 0 Å². The molecule has 27 heavy (non-hydrogen) atoms. The van der Waals surface area contributed by atoms with E-state index < -0.39 is 21.1 Å². The van der Waals surface area contributed by atoms with E-state index in [4.69, 9.17) is 16.1 Å². The zero-order valence-corrected chi connectivity index (χ0v) is 18.1. The van der Waals surface area contributed by atoms with Crippen LogP contribution >= 0.6 is 0 Å². The molecule has 0 bridgehead atoms. The fraction of sp³-hybridized carbons (Fsp3) is 0.875. The first-order valence-corrected chi connectivity index (χ1v) is 10.5. The zero-order chi connectivity index (χ0) is 21.3. The summed E-state index contributed by atoms with van der Waals surface area (Å²) in [6.07, 6.45) is 0. The van der Waals surface area contributed by atoms with E-state index in [0.717, 1.165) is 0 Å². The minimum Gasteiger partial charge on any atom is -0.411 e. The highest BCUT2D eigenvalue weighted by atomic mass is 32.2. The van der Waals surface area contributed by atoms with Crippen molar-refractivity contribution in [1.29, 1.82) is 0 Å². The molecule has 0 radical (unpaired) electrons. The summed E-state index contributed by atoms with van der Waals surface area (Å²) in [4.78, 5) is 0. The molecule has 11 heteroatoms. The number of nitrogens with zero attached hydrogens (tertiary/aromatic N) is 3. The Morgan fingerprint density at radius 1 is 0.963 bits per heavy atom. The second kappa shape index (κ2) is 10.9. The first-order valence-electron chi connectivity index (χ1n) is 8.90. The van der Waals surface area contributed by atoms with Crippen molar-refractivity contribution < 1.29 is 18.8 Å². The summed E-state index contributed by atoms with van der Waals surface area (Å²) in [6, 6.07) is 0. The molecule has 0 aliphatic carbocycles. The molecule has 0 atom stereocenters. The molecule has 0 fully saturated rings. The number of oxime groups is 2. The minimum atomic E-state index is -3.49. The summed E-state index contributed by atoms with van der Waals surface area (Å²) >= 11 is 0. The topological polar surface area (TPSA) is 153 Å². The van der Waals surface area contributed by atoms with E-state index in [1.165, 1.54) is 4.31 Å². The summed E-state index contributed by atoms with van der Waals surface area (Å²) < 4.78 is 26.3. The number of nitrogens with two attached hydrogens (primary N) is 1. The third-order valence-corrected chi connectivity index (χ3v) is 6.64. The lowest BCUT2D eigenvalue weighted by molar-refractivity contribution is 0.307. The van der Waals surface area contributed by atoms with Gasteiger partial charge in [-0.2, -0.15) is 4.31 Å². The highest BCUT2D eigenvalue weighted by molar-refractivity contribution is 7.89.